The van der Waals surface area contributed by atoms with E-state index in [2.05, 4.69) is 204 Å². The molecule has 0 aliphatic carbocycles. The average Bonchev–Trinajstić information content (AvgIpc) is 3.83. The highest BCUT2D eigenvalue weighted by atomic mass is 16.3. The molecule has 11 rings (SSSR count). The molecule has 10 aromatic rings. The second-order valence-corrected chi connectivity index (χ2v) is 14.4. The summed E-state index contributed by atoms with van der Waals surface area (Å²) in [6, 6.07) is 68.6. The summed E-state index contributed by atoms with van der Waals surface area (Å²) in [6.07, 6.45) is 1.96. The molecule has 264 valence electrons. The summed E-state index contributed by atoms with van der Waals surface area (Å²) in [7, 11) is 0. The van der Waals surface area contributed by atoms with Crippen LogP contribution in [-0.4, -0.2) is 10.3 Å². The van der Waals surface area contributed by atoms with Gasteiger partial charge in [-0.15, -0.1) is 0 Å². The van der Waals surface area contributed by atoms with E-state index in [1.165, 1.54) is 16.3 Å². The first-order valence-electron chi connectivity index (χ1n) is 19.1. The predicted octanol–water partition coefficient (Wildman–Crippen LogP) is 13.1. The third-order valence-corrected chi connectivity index (χ3v) is 11.0. The van der Waals surface area contributed by atoms with E-state index in [1.54, 1.807) is 0 Å². The van der Waals surface area contributed by atoms with Gasteiger partial charge in [-0.1, -0.05) is 158 Å². The maximum absolute atomic E-state index is 6.90. The Morgan fingerprint density at radius 2 is 1.11 bits per heavy atom. The van der Waals surface area contributed by atoms with Crippen LogP contribution in [0.2, 0.25) is 0 Å². The maximum atomic E-state index is 6.90. The summed E-state index contributed by atoms with van der Waals surface area (Å²) in [5.74, 6) is 0. The number of hydrogen-bond acceptors (Lipinski definition) is 3. The Balaban J connectivity index is 1.17. The number of benzene rings is 8. The van der Waals surface area contributed by atoms with Crippen LogP contribution in [-0.2, 0) is 0 Å². The van der Waals surface area contributed by atoms with Gasteiger partial charge in [-0.25, -0.2) is 0 Å². The monoisotopic (exact) mass is 717 g/mol. The Morgan fingerprint density at radius 1 is 0.482 bits per heavy atom. The van der Waals surface area contributed by atoms with Gasteiger partial charge < -0.3 is 14.3 Å². The first-order valence-corrected chi connectivity index (χ1v) is 19.1. The van der Waals surface area contributed by atoms with Crippen molar-refractivity contribution in [2.24, 2.45) is 4.99 Å². The molecular formula is C52H35N3O. The van der Waals surface area contributed by atoms with Crippen LogP contribution in [0.3, 0.4) is 0 Å². The topological polar surface area (TPSA) is 42.5 Å². The summed E-state index contributed by atoms with van der Waals surface area (Å²) >= 11 is 0. The molecule has 1 aliphatic rings. The van der Waals surface area contributed by atoms with E-state index in [4.69, 9.17) is 9.41 Å². The van der Waals surface area contributed by atoms with Crippen molar-refractivity contribution in [1.29, 1.82) is 0 Å². The van der Waals surface area contributed by atoms with Gasteiger partial charge in [-0.3, -0.25) is 4.99 Å². The Labute approximate surface area is 324 Å². The zero-order valence-corrected chi connectivity index (χ0v) is 30.4. The molecule has 0 fully saturated rings. The molecule has 1 N–H and O–H groups in total. The molecular weight excluding hydrogens is 683 g/mol. The standard InChI is InChI=1S/C52H35N3O/c1-5-16-34(17-6-1)38-28-29-49-42(30-38)43-31-39(35-18-7-2-8-19-35)32-48(51(43)56-49)55-46-26-14-13-24-41(46)50-40(25-15-27-47(50)55)45-33-44(36-20-9-3-10-21-36)53-52(54-45)37-22-11-4-12-23-37/h1-33,52,54H. The largest absolute Gasteiger partial charge is 0.454 e. The van der Waals surface area contributed by atoms with Gasteiger partial charge in [0.05, 0.1) is 22.4 Å². The molecule has 3 heterocycles. The van der Waals surface area contributed by atoms with Crippen LogP contribution in [0.25, 0.3) is 77.4 Å². The Morgan fingerprint density at radius 3 is 1.86 bits per heavy atom. The van der Waals surface area contributed by atoms with E-state index in [1.807, 2.05) is 6.07 Å². The molecule has 1 atom stereocenters. The summed E-state index contributed by atoms with van der Waals surface area (Å²) in [4.78, 5) is 5.22. The fraction of sp³-hybridized carbons (Fsp3) is 0.0192. The minimum Gasteiger partial charge on any atom is -0.454 e. The van der Waals surface area contributed by atoms with Crippen molar-refractivity contribution < 1.29 is 4.42 Å². The predicted molar refractivity (Wildman–Crippen MR) is 232 cm³/mol. The van der Waals surface area contributed by atoms with Gasteiger partial charge in [0.2, 0.25) is 0 Å². The molecule has 4 nitrogen and oxygen atoms in total. The van der Waals surface area contributed by atoms with E-state index in [9.17, 15) is 0 Å². The Kier molecular flexibility index (Phi) is 7.52. The fourth-order valence-electron chi connectivity index (χ4n) is 8.39. The number of aromatic nitrogens is 1. The van der Waals surface area contributed by atoms with Gasteiger partial charge in [0.25, 0.3) is 0 Å². The molecule has 0 radical (unpaired) electrons. The lowest BCUT2D eigenvalue weighted by Crippen LogP contribution is -2.24. The van der Waals surface area contributed by atoms with Gasteiger partial charge >= 0.3 is 0 Å². The van der Waals surface area contributed by atoms with Gasteiger partial charge in [-0.05, 0) is 75.9 Å². The van der Waals surface area contributed by atoms with E-state index in [-0.39, 0.29) is 6.17 Å². The first kappa shape index (κ1) is 32.0. The number of nitrogens with zero attached hydrogens (tertiary/aromatic N) is 2. The molecule has 56 heavy (non-hydrogen) atoms. The van der Waals surface area contributed by atoms with Crippen molar-refractivity contribution in [3.8, 4) is 27.9 Å². The number of furan rings is 1. The highest BCUT2D eigenvalue weighted by molar-refractivity contribution is 6.19. The number of para-hydroxylation sites is 1. The third kappa shape index (κ3) is 5.34. The van der Waals surface area contributed by atoms with Crippen molar-refractivity contribution in [2.75, 3.05) is 0 Å². The third-order valence-electron chi connectivity index (χ3n) is 11.0. The zero-order valence-electron chi connectivity index (χ0n) is 30.4. The van der Waals surface area contributed by atoms with E-state index >= 15 is 0 Å². The van der Waals surface area contributed by atoms with Crippen molar-refractivity contribution in [3.63, 3.8) is 0 Å². The van der Waals surface area contributed by atoms with Crippen LogP contribution in [0.1, 0.15) is 22.9 Å². The van der Waals surface area contributed by atoms with Gasteiger partial charge in [0.1, 0.15) is 11.7 Å². The lowest BCUT2D eigenvalue weighted by molar-refractivity contribution is 0.664. The van der Waals surface area contributed by atoms with Crippen molar-refractivity contribution in [2.45, 2.75) is 6.17 Å². The molecule has 1 unspecified atom stereocenters. The number of hydrogen-bond donors (Lipinski definition) is 1. The molecule has 1 aliphatic heterocycles. The lowest BCUT2D eigenvalue weighted by Gasteiger charge is -2.25. The minimum atomic E-state index is -0.242. The normalized spacial score (nSPS) is 14.2. The van der Waals surface area contributed by atoms with E-state index < -0.39 is 0 Å². The summed E-state index contributed by atoms with van der Waals surface area (Å²) in [5, 5.41) is 8.35. The summed E-state index contributed by atoms with van der Waals surface area (Å²) in [6.45, 7) is 0. The van der Waals surface area contributed by atoms with Crippen LogP contribution in [0.4, 0.5) is 0 Å². The summed E-state index contributed by atoms with van der Waals surface area (Å²) < 4.78 is 9.30. The van der Waals surface area contributed by atoms with E-state index in [0.29, 0.717) is 0 Å². The molecule has 8 aromatic carbocycles. The molecule has 0 bridgehead atoms. The quantitative estimate of drug-likeness (QED) is 0.186. The van der Waals surface area contributed by atoms with Crippen LogP contribution in [0, 0.1) is 0 Å². The van der Waals surface area contributed by atoms with E-state index in [0.717, 1.165) is 83.4 Å². The smallest absolute Gasteiger partial charge is 0.159 e. The molecule has 0 saturated carbocycles. The Hall–Kier alpha value is -7.43. The van der Waals surface area contributed by atoms with Crippen molar-refractivity contribution >= 4 is 55.2 Å². The van der Waals surface area contributed by atoms with Gasteiger partial charge in [0.15, 0.2) is 5.58 Å². The van der Waals surface area contributed by atoms with Crippen LogP contribution >= 0.6 is 0 Å². The van der Waals surface area contributed by atoms with Crippen LogP contribution < -0.4 is 5.32 Å². The number of rotatable bonds is 6. The summed E-state index contributed by atoms with van der Waals surface area (Å²) in [5.41, 5.74) is 14.9. The lowest BCUT2D eigenvalue weighted by atomic mass is 9.98. The second-order valence-electron chi connectivity index (χ2n) is 14.4. The zero-order chi connectivity index (χ0) is 37.0. The number of nitrogens with one attached hydrogen (secondary N) is 1. The SMILES string of the molecule is C1=C(c2cccc3c2c2ccccc2n3-c2cc(-c3ccccc3)cc3c2oc2ccc(-c4ccccc4)cc23)NC(c2ccccc2)N=C1c1ccccc1. The fourth-order valence-corrected chi connectivity index (χ4v) is 8.39. The number of allylic oxidation sites excluding steroid dienone is 1. The van der Waals surface area contributed by atoms with Gasteiger partial charge in [0, 0.05) is 32.8 Å². The number of aliphatic imine (C=N–C) groups is 1. The molecule has 0 spiro atoms. The maximum Gasteiger partial charge on any atom is 0.159 e. The minimum absolute atomic E-state index is 0.242. The first-order chi connectivity index (χ1) is 27.8. The Bertz CT molecular complexity index is 3140. The molecule has 4 heteroatoms. The molecule has 2 aromatic heterocycles. The van der Waals surface area contributed by atoms with Crippen LogP contribution in [0.5, 0.6) is 0 Å². The average molecular weight is 718 g/mol. The second kappa shape index (κ2) is 13.2. The molecule has 0 saturated heterocycles. The highest BCUT2D eigenvalue weighted by Gasteiger charge is 2.25. The molecule has 0 amide bonds. The number of fused-ring (bicyclic) bond motifs is 6. The van der Waals surface area contributed by atoms with Crippen LogP contribution in [0.15, 0.2) is 210 Å². The van der Waals surface area contributed by atoms with Crippen molar-refractivity contribution in [3.05, 3.63) is 217 Å². The highest BCUT2D eigenvalue weighted by Crippen LogP contribution is 2.43. The van der Waals surface area contributed by atoms with Gasteiger partial charge in [-0.2, -0.15) is 0 Å². The van der Waals surface area contributed by atoms with Crippen molar-refractivity contribution in [1.82, 2.24) is 9.88 Å².